The van der Waals surface area contributed by atoms with Crippen molar-refractivity contribution in [3.05, 3.63) is 47.7 Å². The Morgan fingerprint density at radius 2 is 2.11 bits per heavy atom. The van der Waals surface area contributed by atoms with Crippen molar-refractivity contribution >= 4 is 5.95 Å². The van der Waals surface area contributed by atoms with E-state index in [1.165, 1.54) is 0 Å². The van der Waals surface area contributed by atoms with Crippen LogP contribution in [0.25, 0.3) is 0 Å². The number of ether oxygens (including phenoxy) is 1. The maximum Gasteiger partial charge on any atom is 0.226 e. The molecule has 0 saturated carbocycles. The van der Waals surface area contributed by atoms with Gasteiger partial charge in [-0.25, -0.2) is 4.98 Å². The Morgan fingerprint density at radius 3 is 2.89 bits per heavy atom. The number of hydrogen-bond donors (Lipinski definition) is 2. The van der Waals surface area contributed by atoms with Gasteiger partial charge in [0.1, 0.15) is 0 Å². The first-order chi connectivity index (χ1) is 9.31. The second-order valence-electron chi connectivity index (χ2n) is 4.03. The van der Waals surface area contributed by atoms with Crippen LogP contribution in [0.1, 0.15) is 18.1 Å². The molecule has 0 radical (unpaired) electrons. The number of anilines is 1. The summed E-state index contributed by atoms with van der Waals surface area (Å²) < 4.78 is 5.33. The third-order valence-corrected chi connectivity index (χ3v) is 2.60. The van der Waals surface area contributed by atoms with Gasteiger partial charge in [0.05, 0.1) is 6.61 Å². The molecular weight excluding hydrogens is 240 g/mol. The number of rotatable bonds is 6. The molecule has 0 aliphatic heterocycles. The molecule has 0 aliphatic carbocycles. The molecule has 0 fully saturated rings. The van der Waals surface area contributed by atoms with E-state index in [4.69, 9.17) is 10.5 Å². The van der Waals surface area contributed by atoms with E-state index in [9.17, 15) is 0 Å². The van der Waals surface area contributed by atoms with Gasteiger partial charge in [-0.2, -0.15) is 4.98 Å². The quantitative estimate of drug-likeness (QED) is 0.828. The zero-order chi connectivity index (χ0) is 13.5. The van der Waals surface area contributed by atoms with Gasteiger partial charge in [-0.3, -0.25) is 0 Å². The molecule has 5 nitrogen and oxygen atoms in total. The van der Waals surface area contributed by atoms with E-state index in [0.29, 0.717) is 31.5 Å². The standard InChI is InChI=1S/C14H18N4O/c1-2-19-13-6-7-16-14(18-13)17-10-12-5-3-4-11(8-12)9-15/h3-8H,2,9-10,15H2,1H3,(H,16,17,18). The fourth-order valence-corrected chi connectivity index (χ4v) is 1.70. The first-order valence-electron chi connectivity index (χ1n) is 6.29. The van der Waals surface area contributed by atoms with Gasteiger partial charge in [0.2, 0.25) is 11.8 Å². The van der Waals surface area contributed by atoms with E-state index in [1.807, 2.05) is 25.1 Å². The van der Waals surface area contributed by atoms with Gasteiger partial charge in [0.15, 0.2) is 0 Å². The maximum absolute atomic E-state index is 5.62. The summed E-state index contributed by atoms with van der Waals surface area (Å²) in [4.78, 5) is 8.40. The van der Waals surface area contributed by atoms with Gasteiger partial charge in [-0.1, -0.05) is 24.3 Å². The molecule has 0 spiro atoms. The molecule has 3 N–H and O–H groups in total. The van der Waals surface area contributed by atoms with Crippen LogP contribution in [0.2, 0.25) is 0 Å². The van der Waals surface area contributed by atoms with Crippen molar-refractivity contribution in [2.24, 2.45) is 5.73 Å². The van der Waals surface area contributed by atoms with E-state index in [2.05, 4.69) is 21.4 Å². The van der Waals surface area contributed by atoms with Crippen LogP contribution in [0, 0.1) is 0 Å². The molecule has 0 amide bonds. The molecule has 0 saturated heterocycles. The van der Waals surface area contributed by atoms with E-state index in [-0.39, 0.29) is 0 Å². The smallest absolute Gasteiger partial charge is 0.226 e. The third kappa shape index (κ3) is 3.93. The molecule has 2 rings (SSSR count). The lowest BCUT2D eigenvalue weighted by Crippen LogP contribution is -2.05. The van der Waals surface area contributed by atoms with Crippen LogP contribution in [0.5, 0.6) is 5.88 Å². The molecule has 19 heavy (non-hydrogen) atoms. The minimum absolute atomic E-state index is 0.546. The number of hydrogen-bond acceptors (Lipinski definition) is 5. The highest BCUT2D eigenvalue weighted by Crippen LogP contribution is 2.10. The Morgan fingerprint density at radius 1 is 1.26 bits per heavy atom. The van der Waals surface area contributed by atoms with Crippen molar-refractivity contribution < 1.29 is 4.74 Å². The monoisotopic (exact) mass is 258 g/mol. The average Bonchev–Trinajstić information content (AvgIpc) is 2.46. The van der Waals surface area contributed by atoms with Gasteiger partial charge < -0.3 is 15.8 Å². The number of nitrogens with one attached hydrogen (secondary N) is 1. The minimum atomic E-state index is 0.546. The van der Waals surface area contributed by atoms with Gasteiger partial charge in [0.25, 0.3) is 0 Å². The number of benzene rings is 1. The minimum Gasteiger partial charge on any atom is -0.478 e. The van der Waals surface area contributed by atoms with Gasteiger partial charge in [-0.05, 0) is 18.1 Å². The van der Waals surface area contributed by atoms with Crippen molar-refractivity contribution in [3.8, 4) is 5.88 Å². The summed E-state index contributed by atoms with van der Waals surface area (Å²) in [5.41, 5.74) is 7.88. The van der Waals surface area contributed by atoms with Crippen molar-refractivity contribution in [2.45, 2.75) is 20.0 Å². The van der Waals surface area contributed by atoms with Crippen molar-refractivity contribution in [3.63, 3.8) is 0 Å². The molecule has 0 atom stereocenters. The normalized spacial score (nSPS) is 10.2. The predicted octanol–water partition coefficient (Wildman–Crippen LogP) is 1.95. The van der Waals surface area contributed by atoms with Gasteiger partial charge in [-0.15, -0.1) is 0 Å². The van der Waals surface area contributed by atoms with Crippen LogP contribution in [0.4, 0.5) is 5.95 Å². The zero-order valence-electron chi connectivity index (χ0n) is 11.0. The summed E-state index contributed by atoms with van der Waals surface area (Å²) in [6.07, 6.45) is 1.68. The summed E-state index contributed by atoms with van der Waals surface area (Å²) in [7, 11) is 0. The zero-order valence-corrected chi connectivity index (χ0v) is 11.0. The van der Waals surface area contributed by atoms with Crippen molar-refractivity contribution in [1.29, 1.82) is 0 Å². The molecule has 5 heteroatoms. The lowest BCUT2D eigenvalue weighted by atomic mass is 10.1. The molecule has 2 aromatic rings. The Balaban J connectivity index is 1.99. The Labute approximate surface area is 112 Å². The highest BCUT2D eigenvalue weighted by molar-refractivity contribution is 5.31. The summed E-state index contributed by atoms with van der Waals surface area (Å²) in [5, 5.41) is 3.17. The van der Waals surface area contributed by atoms with Crippen molar-refractivity contribution in [2.75, 3.05) is 11.9 Å². The van der Waals surface area contributed by atoms with Crippen LogP contribution >= 0.6 is 0 Å². The highest BCUT2D eigenvalue weighted by Gasteiger charge is 2.00. The molecule has 0 unspecified atom stereocenters. The number of aromatic nitrogens is 2. The van der Waals surface area contributed by atoms with Crippen LogP contribution in [-0.4, -0.2) is 16.6 Å². The number of nitrogens with two attached hydrogens (primary N) is 1. The average molecular weight is 258 g/mol. The van der Waals surface area contributed by atoms with E-state index >= 15 is 0 Å². The summed E-state index contributed by atoms with van der Waals surface area (Å²) in [6, 6.07) is 9.86. The summed E-state index contributed by atoms with van der Waals surface area (Å²) in [5.74, 6) is 1.14. The lowest BCUT2D eigenvalue weighted by molar-refractivity contribution is 0.326. The first kappa shape index (κ1) is 13.3. The molecule has 1 aromatic carbocycles. The molecule has 1 heterocycles. The molecule has 1 aromatic heterocycles. The van der Waals surface area contributed by atoms with Gasteiger partial charge in [0, 0.05) is 25.4 Å². The fourth-order valence-electron chi connectivity index (χ4n) is 1.70. The van der Waals surface area contributed by atoms with Crippen LogP contribution in [0.3, 0.4) is 0 Å². The predicted molar refractivity (Wildman–Crippen MR) is 74.9 cm³/mol. The van der Waals surface area contributed by atoms with Crippen molar-refractivity contribution in [1.82, 2.24) is 9.97 Å². The Bertz CT molecular complexity index is 530. The number of nitrogens with zero attached hydrogens (tertiary/aromatic N) is 2. The fraction of sp³-hybridized carbons (Fsp3) is 0.286. The first-order valence-corrected chi connectivity index (χ1v) is 6.29. The Hall–Kier alpha value is -2.14. The van der Waals surface area contributed by atoms with Crippen LogP contribution in [0.15, 0.2) is 36.5 Å². The van der Waals surface area contributed by atoms with Gasteiger partial charge >= 0.3 is 0 Å². The van der Waals surface area contributed by atoms with Crippen LogP contribution in [-0.2, 0) is 13.1 Å². The summed E-state index contributed by atoms with van der Waals surface area (Å²) >= 11 is 0. The lowest BCUT2D eigenvalue weighted by Gasteiger charge is -2.07. The highest BCUT2D eigenvalue weighted by atomic mass is 16.5. The maximum atomic E-state index is 5.62. The molecule has 0 aliphatic rings. The summed E-state index contributed by atoms with van der Waals surface area (Å²) in [6.45, 7) is 3.72. The molecule has 0 bridgehead atoms. The van der Waals surface area contributed by atoms with E-state index in [0.717, 1.165) is 11.1 Å². The van der Waals surface area contributed by atoms with E-state index < -0.39 is 0 Å². The SMILES string of the molecule is CCOc1ccnc(NCc2cccc(CN)c2)n1. The second kappa shape index (κ2) is 6.70. The topological polar surface area (TPSA) is 73.1 Å². The third-order valence-electron chi connectivity index (χ3n) is 2.60. The largest absolute Gasteiger partial charge is 0.478 e. The molecule has 100 valence electrons. The van der Waals surface area contributed by atoms with Crippen LogP contribution < -0.4 is 15.8 Å². The molecular formula is C14H18N4O. The van der Waals surface area contributed by atoms with E-state index in [1.54, 1.807) is 12.3 Å². The second-order valence-corrected chi connectivity index (χ2v) is 4.03. The Kier molecular flexibility index (Phi) is 4.69.